The fraction of sp³-hybridized carbons (Fsp3) is 0.321. The van der Waals surface area contributed by atoms with Gasteiger partial charge >= 0.3 is 0 Å². The van der Waals surface area contributed by atoms with Crippen LogP contribution in [0.25, 0.3) is 0 Å². The third kappa shape index (κ3) is 5.39. The van der Waals surface area contributed by atoms with Gasteiger partial charge in [0.15, 0.2) is 11.5 Å². The van der Waals surface area contributed by atoms with E-state index in [2.05, 4.69) is 10.2 Å². The third-order valence-corrected chi connectivity index (χ3v) is 6.37. The number of halogens is 1. The molecule has 4 rings (SSSR count). The number of rotatable bonds is 8. The van der Waals surface area contributed by atoms with E-state index in [0.29, 0.717) is 24.5 Å². The Morgan fingerprint density at radius 3 is 2.44 bits per heavy atom. The molecule has 1 aliphatic rings. The summed E-state index contributed by atoms with van der Waals surface area (Å²) in [5.41, 5.74) is 4.13. The maximum absolute atomic E-state index is 13.9. The molecule has 5 nitrogen and oxygen atoms in total. The molecule has 3 aromatic rings. The lowest BCUT2D eigenvalue weighted by Gasteiger charge is -2.41. The van der Waals surface area contributed by atoms with Gasteiger partial charge in [0, 0.05) is 19.1 Å². The lowest BCUT2D eigenvalue weighted by molar-refractivity contribution is -0.121. The summed E-state index contributed by atoms with van der Waals surface area (Å²) in [6.45, 7) is 3.38. The molecule has 0 bridgehead atoms. The smallest absolute Gasteiger partial charge is 0.224 e. The Labute approximate surface area is 200 Å². The minimum atomic E-state index is -0.248. The van der Waals surface area contributed by atoms with Crippen LogP contribution in [-0.2, 0) is 24.2 Å². The number of carbonyl (C=O) groups excluding carboxylic acids is 1. The molecule has 34 heavy (non-hydrogen) atoms. The van der Waals surface area contributed by atoms with Gasteiger partial charge in [0.05, 0.1) is 26.7 Å². The molecule has 3 aromatic carbocycles. The van der Waals surface area contributed by atoms with E-state index in [0.717, 1.165) is 29.7 Å². The van der Waals surface area contributed by atoms with Gasteiger partial charge in [-0.3, -0.25) is 9.69 Å². The first kappa shape index (κ1) is 23.8. The van der Waals surface area contributed by atoms with Crippen molar-refractivity contribution in [2.24, 2.45) is 0 Å². The molecule has 0 saturated heterocycles. The van der Waals surface area contributed by atoms with Crippen LogP contribution in [0.2, 0.25) is 0 Å². The van der Waals surface area contributed by atoms with E-state index in [9.17, 15) is 9.18 Å². The van der Waals surface area contributed by atoms with Crippen molar-refractivity contribution >= 4 is 5.91 Å². The van der Waals surface area contributed by atoms with Crippen molar-refractivity contribution in [3.05, 3.63) is 94.8 Å². The Balaban J connectivity index is 1.63. The highest BCUT2D eigenvalue weighted by Crippen LogP contribution is 2.40. The Hall–Kier alpha value is -3.38. The number of nitrogens with zero attached hydrogens (tertiary/aromatic N) is 1. The number of amides is 1. The molecule has 6 heteroatoms. The Bertz CT molecular complexity index is 1140. The van der Waals surface area contributed by atoms with Gasteiger partial charge in [0.2, 0.25) is 5.91 Å². The summed E-state index contributed by atoms with van der Waals surface area (Å²) in [5.74, 6) is 1.07. The quantitative estimate of drug-likeness (QED) is 0.528. The average molecular weight is 463 g/mol. The number of ether oxygens (including phenoxy) is 2. The lowest BCUT2D eigenvalue weighted by atomic mass is 9.87. The van der Waals surface area contributed by atoms with E-state index < -0.39 is 0 Å². The van der Waals surface area contributed by atoms with Crippen LogP contribution in [0.4, 0.5) is 4.39 Å². The molecular formula is C28H31FN2O3. The Kier molecular flexibility index (Phi) is 7.48. The van der Waals surface area contributed by atoms with E-state index >= 15 is 0 Å². The van der Waals surface area contributed by atoms with Crippen LogP contribution >= 0.6 is 0 Å². The first-order valence-corrected chi connectivity index (χ1v) is 11.5. The van der Waals surface area contributed by atoms with Crippen LogP contribution in [0.15, 0.2) is 66.7 Å². The van der Waals surface area contributed by atoms with Crippen molar-refractivity contribution in [2.45, 2.75) is 38.4 Å². The minimum Gasteiger partial charge on any atom is -0.493 e. The van der Waals surface area contributed by atoms with Crippen molar-refractivity contribution in [1.82, 2.24) is 10.2 Å². The summed E-state index contributed by atoms with van der Waals surface area (Å²) in [6.07, 6.45) is 1.15. The van der Waals surface area contributed by atoms with E-state index in [1.807, 2.05) is 55.5 Å². The highest BCUT2D eigenvalue weighted by Gasteiger charge is 2.33. The molecule has 1 amide bonds. The van der Waals surface area contributed by atoms with Crippen LogP contribution in [0.5, 0.6) is 11.5 Å². The topological polar surface area (TPSA) is 50.8 Å². The Morgan fingerprint density at radius 2 is 1.74 bits per heavy atom. The van der Waals surface area contributed by atoms with Crippen LogP contribution in [0.3, 0.4) is 0 Å². The molecule has 0 aromatic heterocycles. The number of benzene rings is 3. The number of carbonyl (C=O) groups is 1. The molecule has 0 fully saturated rings. The zero-order valence-corrected chi connectivity index (χ0v) is 19.9. The second kappa shape index (κ2) is 10.7. The summed E-state index contributed by atoms with van der Waals surface area (Å²) in [7, 11) is 3.25. The fourth-order valence-electron chi connectivity index (χ4n) is 4.83. The zero-order valence-electron chi connectivity index (χ0n) is 19.9. The first-order valence-electron chi connectivity index (χ1n) is 11.5. The standard InChI is InChI=1S/C28H31FN2O3/c1-19(30-27(32)15-20-8-5-4-6-9-20)28-24-17-26(34-3)25(33-2)16-22(24)12-13-31(28)18-21-10-7-11-23(29)14-21/h4-11,14,16-17,19,28H,12-13,15,18H2,1-3H3,(H,30,32). The summed E-state index contributed by atoms with van der Waals surface area (Å²) in [6, 6.07) is 20.2. The van der Waals surface area contributed by atoms with Crippen LogP contribution in [0, 0.1) is 5.82 Å². The van der Waals surface area contributed by atoms with Gasteiger partial charge in [0.25, 0.3) is 0 Å². The van der Waals surface area contributed by atoms with E-state index in [1.165, 1.54) is 11.6 Å². The molecular weight excluding hydrogens is 431 g/mol. The number of methoxy groups -OCH3 is 2. The highest BCUT2D eigenvalue weighted by molar-refractivity contribution is 5.79. The summed E-state index contributed by atoms with van der Waals surface area (Å²) >= 11 is 0. The van der Waals surface area contributed by atoms with Crippen molar-refractivity contribution in [2.75, 3.05) is 20.8 Å². The predicted octanol–water partition coefficient (Wildman–Crippen LogP) is 4.69. The molecule has 1 heterocycles. The van der Waals surface area contributed by atoms with Crippen molar-refractivity contribution in [3.63, 3.8) is 0 Å². The fourth-order valence-corrected chi connectivity index (χ4v) is 4.83. The normalized spacial score (nSPS) is 16.4. The van der Waals surface area contributed by atoms with Gasteiger partial charge in [-0.2, -0.15) is 0 Å². The van der Waals surface area contributed by atoms with Crippen LogP contribution < -0.4 is 14.8 Å². The summed E-state index contributed by atoms with van der Waals surface area (Å²) in [4.78, 5) is 15.2. The van der Waals surface area contributed by atoms with Crippen molar-refractivity contribution < 1.29 is 18.7 Å². The van der Waals surface area contributed by atoms with E-state index in [1.54, 1.807) is 26.4 Å². The van der Waals surface area contributed by atoms with Gasteiger partial charge in [0.1, 0.15) is 5.82 Å². The van der Waals surface area contributed by atoms with Crippen LogP contribution in [0.1, 0.15) is 35.2 Å². The highest BCUT2D eigenvalue weighted by atomic mass is 19.1. The second-order valence-corrected chi connectivity index (χ2v) is 8.72. The molecule has 0 spiro atoms. The predicted molar refractivity (Wildman–Crippen MR) is 131 cm³/mol. The molecule has 2 atom stereocenters. The number of nitrogens with one attached hydrogen (secondary N) is 1. The van der Waals surface area contributed by atoms with Gasteiger partial charge in [-0.05, 0) is 59.9 Å². The first-order chi connectivity index (χ1) is 16.5. The van der Waals surface area contributed by atoms with Crippen LogP contribution in [-0.4, -0.2) is 37.6 Å². The molecule has 0 saturated carbocycles. The number of hydrogen-bond acceptors (Lipinski definition) is 4. The number of hydrogen-bond donors (Lipinski definition) is 1. The number of fused-ring (bicyclic) bond motifs is 1. The van der Waals surface area contributed by atoms with E-state index in [-0.39, 0.29) is 23.8 Å². The Morgan fingerprint density at radius 1 is 1.03 bits per heavy atom. The monoisotopic (exact) mass is 462 g/mol. The SMILES string of the molecule is COc1cc2c(cc1OC)C(C(C)NC(=O)Cc1ccccc1)N(Cc1cccc(F)c1)CC2. The summed E-state index contributed by atoms with van der Waals surface area (Å²) < 4.78 is 25.0. The van der Waals surface area contributed by atoms with Gasteiger partial charge in [-0.15, -0.1) is 0 Å². The third-order valence-electron chi connectivity index (χ3n) is 6.37. The zero-order chi connectivity index (χ0) is 24.1. The maximum atomic E-state index is 13.9. The van der Waals surface area contributed by atoms with Crippen molar-refractivity contribution in [3.8, 4) is 11.5 Å². The van der Waals surface area contributed by atoms with Gasteiger partial charge in [-0.25, -0.2) is 4.39 Å². The molecule has 1 N–H and O–H groups in total. The van der Waals surface area contributed by atoms with E-state index in [4.69, 9.17) is 9.47 Å². The lowest BCUT2D eigenvalue weighted by Crippen LogP contribution is -2.47. The van der Waals surface area contributed by atoms with Gasteiger partial charge < -0.3 is 14.8 Å². The minimum absolute atomic E-state index is 0.0306. The second-order valence-electron chi connectivity index (χ2n) is 8.72. The molecule has 2 unspecified atom stereocenters. The molecule has 0 radical (unpaired) electrons. The average Bonchev–Trinajstić information content (AvgIpc) is 2.83. The maximum Gasteiger partial charge on any atom is 0.224 e. The van der Waals surface area contributed by atoms with Crippen molar-refractivity contribution in [1.29, 1.82) is 0 Å². The largest absolute Gasteiger partial charge is 0.493 e. The molecule has 0 aliphatic carbocycles. The molecule has 178 valence electrons. The summed E-state index contributed by atoms with van der Waals surface area (Å²) in [5, 5.41) is 3.21. The molecule has 1 aliphatic heterocycles. The van der Waals surface area contributed by atoms with Gasteiger partial charge in [-0.1, -0.05) is 42.5 Å².